The molecule has 1 saturated heterocycles. The number of benzene rings is 2. The largest absolute Gasteiger partial charge is 0.504 e. The number of carbonyl (C=O) groups is 1. The Morgan fingerprint density at radius 3 is 2.42 bits per heavy atom. The Bertz CT molecular complexity index is 783. The number of nitrogens with zero attached hydrogens (tertiary/aromatic N) is 2. The number of rotatable bonds is 4. The van der Waals surface area contributed by atoms with Crippen molar-refractivity contribution in [3.63, 3.8) is 0 Å². The van der Waals surface area contributed by atoms with E-state index in [1.54, 1.807) is 6.07 Å². The van der Waals surface area contributed by atoms with Crippen LogP contribution in [0, 0.1) is 12.8 Å². The van der Waals surface area contributed by atoms with Gasteiger partial charge < -0.3 is 20.0 Å². The minimum atomic E-state index is -0.163. The molecule has 0 aliphatic carbocycles. The van der Waals surface area contributed by atoms with Crippen LogP contribution in [0.15, 0.2) is 42.5 Å². The Hall–Kier alpha value is -2.69. The van der Waals surface area contributed by atoms with Gasteiger partial charge in [-0.2, -0.15) is 0 Å². The van der Waals surface area contributed by atoms with Gasteiger partial charge in [-0.1, -0.05) is 25.1 Å². The lowest BCUT2D eigenvalue weighted by Gasteiger charge is -2.37. The van der Waals surface area contributed by atoms with Crippen molar-refractivity contribution in [1.29, 1.82) is 0 Å². The molecule has 5 heteroatoms. The molecule has 1 aliphatic heterocycles. The molecule has 0 bridgehead atoms. The average Bonchev–Trinajstić information content (AvgIpc) is 2.64. The molecule has 2 aromatic rings. The molecule has 0 aromatic heterocycles. The number of piperazine rings is 1. The third kappa shape index (κ3) is 4.10. The van der Waals surface area contributed by atoms with Crippen molar-refractivity contribution in [3.8, 4) is 11.5 Å². The van der Waals surface area contributed by atoms with Gasteiger partial charge in [0.2, 0.25) is 5.91 Å². The maximum absolute atomic E-state index is 12.7. The third-order valence-electron chi connectivity index (χ3n) is 4.96. The van der Waals surface area contributed by atoms with E-state index < -0.39 is 0 Å². The lowest BCUT2D eigenvalue weighted by Crippen LogP contribution is -2.50. The van der Waals surface area contributed by atoms with Gasteiger partial charge in [-0.25, -0.2) is 0 Å². The Balaban J connectivity index is 1.56. The topological polar surface area (TPSA) is 64.0 Å². The van der Waals surface area contributed by atoms with Crippen LogP contribution in [0.25, 0.3) is 0 Å². The number of amides is 1. The zero-order chi connectivity index (χ0) is 18.7. The van der Waals surface area contributed by atoms with Crippen molar-refractivity contribution >= 4 is 11.6 Å². The normalized spacial score (nSPS) is 15.8. The van der Waals surface area contributed by atoms with E-state index in [2.05, 4.69) is 36.1 Å². The van der Waals surface area contributed by atoms with Crippen molar-refractivity contribution in [1.82, 2.24) is 4.90 Å². The standard InChI is InChI=1S/C21H26N2O3/c1-15-4-3-5-18(12-15)22-8-10-23(11-9-22)21(26)16(2)13-17-6-7-19(24)20(25)14-17/h3-7,12,14,16,24-25H,8-11,13H2,1-2H3. The van der Waals surface area contributed by atoms with Crippen LogP contribution in [-0.2, 0) is 11.2 Å². The second kappa shape index (κ2) is 7.68. The van der Waals surface area contributed by atoms with Gasteiger partial charge in [-0.3, -0.25) is 4.79 Å². The summed E-state index contributed by atoms with van der Waals surface area (Å²) >= 11 is 0. The van der Waals surface area contributed by atoms with E-state index in [9.17, 15) is 15.0 Å². The number of carbonyl (C=O) groups excluding carboxylic acids is 1. The highest BCUT2D eigenvalue weighted by atomic mass is 16.3. The number of anilines is 1. The highest BCUT2D eigenvalue weighted by Crippen LogP contribution is 2.26. The molecule has 1 amide bonds. The first kappa shape index (κ1) is 18.1. The summed E-state index contributed by atoms with van der Waals surface area (Å²) in [6.07, 6.45) is 0.546. The number of aromatic hydroxyl groups is 2. The second-order valence-corrected chi connectivity index (χ2v) is 7.08. The van der Waals surface area contributed by atoms with Crippen LogP contribution in [0.3, 0.4) is 0 Å². The molecule has 3 rings (SSSR count). The van der Waals surface area contributed by atoms with Crippen LogP contribution >= 0.6 is 0 Å². The summed E-state index contributed by atoms with van der Waals surface area (Å²) < 4.78 is 0. The molecular formula is C21H26N2O3. The molecule has 0 radical (unpaired) electrons. The molecule has 5 nitrogen and oxygen atoms in total. The van der Waals surface area contributed by atoms with E-state index >= 15 is 0 Å². The first-order valence-electron chi connectivity index (χ1n) is 9.05. The van der Waals surface area contributed by atoms with Crippen LogP contribution in [0.5, 0.6) is 11.5 Å². The number of phenolic OH excluding ortho intramolecular Hbond substituents is 2. The molecule has 0 spiro atoms. The highest BCUT2D eigenvalue weighted by molar-refractivity contribution is 5.79. The molecule has 1 aliphatic rings. The van der Waals surface area contributed by atoms with E-state index in [0.29, 0.717) is 6.42 Å². The van der Waals surface area contributed by atoms with Crippen molar-refractivity contribution in [2.24, 2.45) is 5.92 Å². The minimum Gasteiger partial charge on any atom is -0.504 e. The summed E-state index contributed by atoms with van der Waals surface area (Å²) in [6.45, 7) is 7.12. The van der Waals surface area contributed by atoms with Gasteiger partial charge in [-0.15, -0.1) is 0 Å². The van der Waals surface area contributed by atoms with Gasteiger partial charge in [0, 0.05) is 37.8 Å². The molecule has 2 N–H and O–H groups in total. The summed E-state index contributed by atoms with van der Waals surface area (Å²) in [5.74, 6) is -0.306. The molecule has 1 fully saturated rings. The molecule has 1 atom stereocenters. The predicted octanol–water partition coefficient (Wildman–Crippen LogP) is 2.93. The van der Waals surface area contributed by atoms with E-state index in [0.717, 1.165) is 31.7 Å². The molecule has 138 valence electrons. The van der Waals surface area contributed by atoms with Crippen molar-refractivity contribution < 1.29 is 15.0 Å². The smallest absolute Gasteiger partial charge is 0.225 e. The number of aryl methyl sites for hydroxylation is 1. The van der Waals surface area contributed by atoms with E-state index in [1.165, 1.54) is 23.4 Å². The summed E-state index contributed by atoms with van der Waals surface area (Å²) in [5, 5.41) is 19.0. The lowest BCUT2D eigenvalue weighted by molar-refractivity contribution is -0.135. The first-order valence-corrected chi connectivity index (χ1v) is 9.05. The minimum absolute atomic E-state index is 0.139. The fourth-order valence-electron chi connectivity index (χ4n) is 3.46. The first-order chi connectivity index (χ1) is 12.4. The van der Waals surface area contributed by atoms with Gasteiger partial charge in [-0.05, 0) is 48.7 Å². The third-order valence-corrected chi connectivity index (χ3v) is 4.96. The molecule has 0 saturated carbocycles. The number of hydrogen-bond acceptors (Lipinski definition) is 4. The molecular weight excluding hydrogens is 328 g/mol. The van der Waals surface area contributed by atoms with E-state index in [-0.39, 0.29) is 23.3 Å². The van der Waals surface area contributed by atoms with Gasteiger partial charge >= 0.3 is 0 Å². The number of hydrogen-bond donors (Lipinski definition) is 2. The molecule has 1 unspecified atom stereocenters. The van der Waals surface area contributed by atoms with Crippen molar-refractivity contribution in [2.75, 3.05) is 31.1 Å². The summed E-state index contributed by atoms with van der Waals surface area (Å²) in [5.41, 5.74) is 3.30. The van der Waals surface area contributed by atoms with Gasteiger partial charge in [0.15, 0.2) is 11.5 Å². The Morgan fingerprint density at radius 2 is 1.77 bits per heavy atom. The Kier molecular flexibility index (Phi) is 5.35. The molecule has 1 heterocycles. The highest BCUT2D eigenvalue weighted by Gasteiger charge is 2.25. The van der Waals surface area contributed by atoms with Crippen LogP contribution in [0.4, 0.5) is 5.69 Å². The lowest BCUT2D eigenvalue weighted by atomic mass is 9.99. The van der Waals surface area contributed by atoms with Crippen LogP contribution < -0.4 is 4.90 Å². The zero-order valence-electron chi connectivity index (χ0n) is 15.4. The van der Waals surface area contributed by atoms with Crippen LogP contribution in [0.1, 0.15) is 18.1 Å². The summed E-state index contributed by atoms with van der Waals surface area (Å²) in [4.78, 5) is 17.0. The van der Waals surface area contributed by atoms with Crippen molar-refractivity contribution in [3.05, 3.63) is 53.6 Å². The monoisotopic (exact) mass is 354 g/mol. The van der Waals surface area contributed by atoms with Gasteiger partial charge in [0.25, 0.3) is 0 Å². The Labute approximate surface area is 154 Å². The Morgan fingerprint density at radius 1 is 1.04 bits per heavy atom. The average molecular weight is 354 g/mol. The maximum Gasteiger partial charge on any atom is 0.225 e. The van der Waals surface area contributed by atoms with E-state index in [1.807, 2.05) is 11.8 Å². The van der Waals surface area contributed by atoms with E-state index in [4.69, 9.17) is 0 Å². The number of phenols is 2. The summed E-state index contributed by atoms with van der Waals surface area (Å²) in [7, 11) is 0. The summed E-state index contributed by atoms with van der Waals surface area (Å²) in [6, 6.07) is 13.2. The van der Waals surface area contributed by atoms with Crippen LogP contribution in [-0.4, -0.2) is 47.2 Å². The molecule has 26 heavy (non-hydrogen) atoms. The molecule has 2 aromatic carbocycles. The second-order valence-electron chi connectivity index (χ2n) is 7.08. The van der Waals surface area contributed by atoms with Crippen LogP contribution in [0.2, 0.25) is 0 Å². The van der Waals surface area contributed by atoms with Crippen molar-refractivity contribution in [2.45, 2.75) is 20.3 Å². The van der Waals surface area contributed by atoms with Gasteiger partial charge in [0.1, 0.15) is 0 Å². The fraction of sp³-hybridized carbons (Fsp3) is 0.381. The predicted molar refractivity (Wildman–Crippen MR) is 103 cm³/mol. The van der Waals surface area contributed by atoms with Gasteiger partial charge in [0.05, 0.1) is 0 Å². The fourth-order valence-corrected chi connectivity index (χ4v) is 3.46. The SMILES string of the molecule is Cc1cccc(N2CCN(C(=O)C(C)Cc3ccc(O)c(O)c3)CC2)c1. The maximum atomic E-state index is 12.7. The zero-order valence-corrected chi connectivity index (χ0v) is 15.4. The quantitative estimate of drug-likeness (QED) is 0.829.